The number of nitrogens with zero attached hydrogens (tertiary/aromatic N) is 4. The molecule has 3 rings (SSSR count). The van der Waals surface area contributed by atoms with Gasteiger partial charge in [-0.1, -0.05) is 20.8 Å². The van der Waals surface area contributed by atoms with Crippen molar-refractivity contribution in [2.75, 3.05) is 0 Å². The summed E-state index contributed by atoms with van der Waals surface area (Å²) in [7, 11) is 1.86. The first kappa shape index (κ1) is 16.8. The van der Waals surface area contributed by atoms with Crippen molar-refractivity contribution in [3.8, 4) is 10.6 Å². The molecule has 2 aromatic rings. The van der Waals surface area contributed by atoms with Crippen LogP contribution in [0, 0.1) is 11.3 Å². The monoisotopic (exact) mass is 346 g/mol. The fourth-order valence-corrected chi connectivity index (χ4v) is 4.16. The van der Waals surface area contributed by atoms with Gasteiger partial charge >= 0.3 is 0 Å². The molecule has 1 atom stereocenters. The molecule has 0 aromatic carbocycles. The van der Waals surface area contributed by atoms with Gasteiger partial charge in [0.1, 0.15) is 5.01 Å². The second-order valence-corrected chi connectivity index (χ2v) is 8.03. The third-order valence-corrected chi connectivity index (χ3v) is 5.23. The Labute approximate surface area is 145 Å². The fraction of sp³-hybridized carbons (Fsp3) is 0.529. The van der Waals surface area contributed by atoms with E-state index in [1.807, 2.05) is 25.5 Å². The lowest BCUT2D eigenvalue weighted by molar-refractivity contribution is -0.142. The van der Waals surface area contributed by atoms with Gasteiger partial charge in [-0.2, -0.15) is 5.10 Å². The van der Waals surface area contributed by atoms with E-state index in [1.165, 1.54) is 16.2 Å². The van der Waals surface area contributed by atoms with Crippen LogP contribution in [-0.2, 0) is 23.2 Å². The average molecular weight is 346 g/mol. The molecular weight excluding hydrogens is 324 g/mol. The maximum Gasteiger partial charge on any atom is 0.236 e. The molecule has 128 valence electrons. The van der Waals surface area contributed by atoms with Crippen LogP contribution in [0.25, 0.3) is 10.6 Å². The van der Waals surface area contributed by atoms with E-state index < -0.39 is 5.41 Å². The average Bonchev–Trinajstić information content (AvgIpc) is 3.15. The molecule has 6 nitrogen and oxygen atoms in total. The van der Waals surface area contributed by atoms with E-state index in [4.69, 9.17) is 0 Å². The van der Waals surface area contributed by atoms with Gasteiger partial charge in [-0.3, -0.25) is 19.2 Å². The normalized spacial score (nSPS) is 21.3. The quantitative estimate of drug-likeness (QED) is 0.781. The second kappa shape index (κ2) is 6.12. The molecule has 1 saturated heterocycles. The van der Waals surface area contributed by atoms with Gasteiger partial charge < -0.3 is 0 Å². The fourth-order valence-electron chi connectivity index (χ4n) is 3.37. The molecule has 0 spiro atoms. The summed E-state index contributed by atoms with van der Waals surface area (Å²) >= 11 is 1.50. The Morgan fingerprint density at radius 3 is 2.75 bits per heavy atom. The SMILES string of the molecule is CC(C)C[C@@]1(C)CC(=O)N(Cc2csc(-c3cnn(C)c3)n2)C1=O. The van der Waals surface area contributed by atoms with Gasteiger partial charge in [-0.05, 0) is 12.3 Å². The molecule has 0 radical (unpaired) electrons. The highest BCUT2D eigenvalue weighted by Crippen LogP contribution is 2.39. The minimum Gasteiger partial charge on any atom is -0.276 e. The minimum absolute atomic E-state index is 0.0721. The van der Waals surface area contributed by atoms with E-state index in [0.717, 1.165) is 22.7 Å². The number of imide groups is 1. The smallest absolute Gasteiger partial charge is 0.236 e. The van der Waals surface area contributed by atoms with Crippen LogP contribution >= 0.6 is 11.3 Å². The van der Waals surface area contributed by atoms with Gasteiger partial charge in [0.25, 0.3) is 0 Å². The first-order chi connectivity index (χ1) is 11.3. The first-order valence-corrected chi connectivity index (χ1v) is 8.95. The summed E-state index contributed by atoms with van der Waals surface area (Å²) in [5, 5.41) is 6.89. The maximum atomic E-state index is 12.7. The molecule has 0 bridgehead atoms. The molecule has 0 N–H and O–H groups in total. The molecule has 1 aliphatic heterocycles. The van der Waals surface area contributed by atoms with Crippen molar-refractivity contribution in [1.29, 1.82) is 0 Å². The maximum absolute atomic E-state index is 12.7. The Hall–Kier alpha value is -2.02. The number of amides is 2. The molecule has 2 amide bonds. The van der Waals surface area contributed by atoms with Crippen LogP contribution < -0.4 is 0 Å². The lowest BCUT2D eigenvalue weighted by Gasteiger charge is -2.23. The molecule has 1 aliphatic rings. The molecule has 2 aromatic heterocycles. The van der Waals surface area contributed by atoms with Crippen LogP contribution in [0.4, 0.5) is 0 Å². The molecule has 0 unspecified atom stereocenters. The number of carbonyl (C=O) groups is 2. The molecule has 7 heteroatoms. The molecular formula is C17H22N4O2S. The number of hydrogen-bond donors (Lipinski definition) is 0. The zero-order valence-corrected chi connectivity index (χ0v) is 15.3. The van der Waals surface area contributed by atoms with E-state index in [1.54, 1.807) is 10.9 Å². The van der Waals surface area contributed by atoms with Gasteiger partial charge in [0.15, 0.2) is 0 Å². The summed E-state index contributed by atoms with van der Waals surface area (Å²) in [5.74, 6) is 0.208. The van der Waals surface area contributed by atoms with Crippen molar-refractivity contribution in [2.24, 2.45) is 18.4 Å². The zero-order chi connectivity index (χ0) is 17.5. The zero-order valence-electron chi connectivity index (χ0n) is 14.4. The van der Waals surface area contributed by atoms with E-state index >= 15 is 0 Å². The number of aryl methyl sites for hydroxylation is 1. The summed E-state index contributed by atoms with van der Waals surface area (Å²) in [5.41, 5.74) is 1.11. The predicted octanol–water partition coefficient (Wildman–Crippen LogP) is 2.85. The Morgan fingerprint density at radius 2 is 2.12 bits per heavy atom. The van der Waals surface area contributed by atoms with Gasteiger partial charge in [-0.15, -0.1) is 11.3 Å². The van der Waals surface area contributed by atoms with E-state index in [9.17, 15) is 9.59 Å². The Kier molecular flexibility index (Phi) is 4.29. The van der Waals surface area contributed by atoms with E-state index in [0.29, 0.717) is 12.3 Å². The Balaban J connectivity index is 1.76. The van der Waals surface area contributed by atoms with Gasteiger partial charge in [0.2, 0.25) is 11.8 Å². The Morgan fingerprint density at radius 1 is 1.38 bits per heavy atom. The Bertz CT molecular complexity index is 779. The number of rotatable bonds is 5. The van der Waals surface area contributed by atoms with E-state index in [-0.39, 0.29) is 18.4 Å². The second-order valence-electron chi connectivity index (χ2n) is 7.17. The number of aromatic nitrogens is 3. The summed E-state index contributed by atoms with van der Waals surface area (Å²) < 4.78 is 1.72. The number of thiazole rings is 1. The van der Waals surface area contributed by atoms with Crippen LogP contribution in [0.3, 0.4) is 0 Å². The highest BCUT2D eigenvalue weighted by atomic mass is 32.1. The van der Waals surface area contributed by atoms with Gasteiger partial charge in [-0.25, -0.2) is 4.98 Å². The predicted molar refractivity (Wildman–Crippen MR) is 92.1 cm³/mol. The van der Waals surface area contributed by atoms with Crippen LogP contribution in [0.1, 0.15) is 39.3 Å². The number of carbonyl (C=O) groups excluding carboxylic acids is 2. The third kappa shape index (κ3) is 3.13. The van der Waals surface area contributed by atoms with Crippen molar-refractivity contribution in [3.63, 3.8) is 0 Å². The van der Waals surface area contributed by atoms with Crippen molar-refractivity contribution < 1.29 is 9.59 Å². The lowest BCUT2D eigenvalue weighted by atomic mass is 9.80. The van der Waals surface area contributed by atoms with Crippen molar-refractivity contribution >= 4 is 23.2 Å². The minimum atomic E-state index is -0.576. The van der Waals surface area contributed by atoms with Crippen molar-refractivity contribution in [1.82, 2.24) is 19.7 Å². The number of likely N-dealkylation sites (tertiary alicyclic amines) is 1. The van der Waals surface area contributed by atoms with Crippen LogP contribution in [-0.4, -0.2) is 31.5 Å². The third-order valence-electron chi connectivity index (χ3n) is 4.29. The molecule has 1 fully saturated rings. The van der Waals surface area contributed by atoms with E-state index in [2.05, 4.69) is 23.9 Å². The van der Waals surface area contributed by atoms with Crippen LogP contribution in [0.15, 0.2) is 17.8 Å². The molecule has 0 aliphatic carbocycles. The first-order valence-electron chi connectivity index (χ1n) is 8.07. The molecule has 0 saturated carbocycles. The summed E-state index contributed by atoms with van der Waals surface area (Å²) in [6.45, 7) is 6.30. The number of hydrogen-bond acceptors (Lipinski definition) is 5. The lowest BCUT2D eigenvalue weighted by Crippen LogP contribution is -2.34. The summed E-state index contributed by atoms with van der Waals surface area (Å²) in [6, 6.07) is 0. The molecule has 24 heavy (non-hydrogen) atoms. The van der Waals surface area contributed by atoms with Crippen LogP contribution in [0.5, 0.6) is 0 Å². The highest BCUT2D eigenvalue weighted by molar-refractivity contribution is 7.13. The van der Waals surface area contributed by atoms with Crippen molar-refractivity contribution in [2.45, 2.75) is 40.2 Å². The highest BCUT2D eigenvalue weighted by Gasteiger charge is 2.48. The summed E-state index contributed by atoms with van der Waals surface area (Å²) in [6.07, 6.45) is 4.68. The standard InChI is InChI=1S/C17H22N4O2S/c1-11(2)5-17(3)6-14(22)21(16(17)23)9-13-10-24-15(19-13)12-7-18-20(4)8-12/h7-8,10-11H,5-6,9H2,1-4H3/t17-/m0/s1. The topological polar surface area (TPSA) is 68.1 Å². The largest absolute Gasteiger partial charge is 0.276 e. The summed E-state index contributed by atoms with van der Waals surface area (Å²) in [4.78, 5) is 31.0. The van der Waals surface area contributed by atoms with Gasteiger partial charge in [0.05, 0.1) is 23.9 Å². The van der Waals surface area contributed by atoms with Crippen molar-refractivity contribution in [3.05, 3.63) is 23.5 Å². The van der Waals surface area contributed by atoms with Gasteiger partial charge in [0, 0.05) is 30.6 Å². The van der Waals surface area contributed by atoms with Crippen LogP contribution in [0.2, 0.25) is 0 Å². The molecule has 3 heterocycles.